The van der Waals surface area contributed by atoms with Gasteiger partial charge in [-0.1, -0.05) is 17.7 Å². The number of rotatable bonds is 3. The third-order valence-electron chi connectivity index (χ3n) is 2.43. The van der Waals surface area contributed by atoms with Crippen molar-refractivity contribution in [2.24, 2.45) is 0 Å². The lowest BCUT2D eigenvalue weighted by Crippen LogP contribution is -1.94. The van der Waals surface area contributed by atoms with Crippen molar-refractivity contribution in [3.63, 3.8) is 0 Å². The minimum atomic E-state index is -0.900. The number of nitriles is 1. The highest BCUT2D eigenvalue weighted by Gasteiger charge is 2.14. The van der Waals surface area contributed by atoms with Crippen molar-refractivity contribution in [2.75, 3.05) is 0 Å². The van der Waals surface area contributed by atoms with E-state index in [1.165, 1.54) is 12.1 Å². The molecule has 2 rings (SSSR count). The van der Waals surface area contributed by atoms with E-state index in [0.29, 0.717) is 0 Å². The minimum absolute atomic E-state index is 0.0620. The molecule has 5 nitrogen and oxygen atoms in total. The molecule has 0 aliphatic heterocycles. The fourth-order valence-corrected chi connectivity index (χ4v) is 1.71. The number of nitro benzene ring substituents is 1. The molecule has 20 heavy (non-hydrogen) atoms. The molecule has 2 aromatic rings. The first-order valence-electron chi connectivity index (χ1n) is 5.33. The highest BCUT2D eigenvalue weighted by atomic mass is 35.5. The zero-order valence-electron chi connectivity index (χ0n) is 9.84. The van der Waals surface area contributed by atoms with Crippen LogP contribution >= 0.6 is 11.6 Å². The second-order valence-corrected chi connectivity index (χ2v) is 4.11. The molecule has 7 heteroatoms. The summed E-state index contributed by atoms with van der Waals surface area (Å²) < 4.78 is 18.9. The molecule has 0 atom stereocenters. The molecule has 0 saturated carbocycles. The Kier molecular flexibility index (Phi) is 3.82. The number of non-ortho nitro benzene ring substituents is 1. The van der Waals surface area contributed by atoms with Crippen LogP contribution in [0.1, 0.15) is 5.56 Å². The van der Waals surface area contributed by atoms with Gasteiger partial charge in [0.15, 0.2) is 11.6 Å². The van der Waals surface area contributed by atoms with Gasteiger partial charge < -0.3 is 4.74 Å². The van der Waals surface area contributed by atoms with Crippen molar-refractivity contribution in [2.45, 2.75) is 0 Å². The molecule has 0 spiro atoms. The summed E-state index contributed by atoms with van der Waals surface area (Å²) in [6, 6.07) is 9.31. The Morgan fingerprint density at radius 1 is 1.30 bits per heavy atom. The molecule has 0 saturated heterocycles. The average Bonchev–Trinajstić information content (AvgIpc) is 2.41. The minimum Gasteiger partial charge on any atom is -0.453 e. The van der Waals surface area contributed by atoms with Gasteiger partial charge in [-0.3, -0.25) is 10.1 Å². The first-order chi connectivity index (χ1) is 9.52. The Labute approximate surface area is 117 Å². The normalized spacial score (nSPS) is 9.85. The van der Waals surface area contributed by atoms with Crippen LogP contribution in [0, 0.1) is 27.3 Å². The van der Waals surface area contributed by atoms with Crippen LogP contribution in [0.2, 0.25) is 5.02 Å². The number of halogens is 2. The number of nitro groups is 1. The van der Waals surface area contributed by atoms with Gasteiger partial charge in [0.05, 0.1) is 16.0 Å². The fraction of sp³-hybridized carbons (Fsp3) is 0. The summed E-state index contributed by atoms with van der Waals surface area (Å²) in [6.07, 6.45) is 0. The standard InChI is InChI=1S/C13H6ClFN2O3/c14-10-2-1-3-12(9(10)7-16)20-13-5-4-8(17(18)19)6-11(13)15/h1-6H. The highest BCUT2D eigenvalue weighted by molar-refractivity contribution is 6.31. The van der Waals surface area contributed by atoms with E-state index >= 15 is 0 Å². The van der Waals surface area contributed by atoms with Gasteiger partial charge >= 0.3 is 0 Å². The van der Waals surface area contributed by atoms with Crippen LogP contribution in [-0.4, -0.2) is 4.92 Å². The maximum Gasteiger partial charge on any atom is 0.272 e. The zero-order valence-corrected chi connectivity index (χ0v) is 10.6. The van der Waals surface area contributed by atoms with Crippen molar-refractivity contribution < 1.29 is 14.1 Å². The summed E-state index contributed by atoms with van der Waals surface area (Å²) in [7, 11) is 0. The van der Waals surface area contributed by atoms with Crippen molar-refractivity contribution in [1.29, 1.82) is 5.26 Å². The molecule has 0 amide bonds. The quantitative estimate of drug-likeness (QED) is 0.631. The highest BCUT2D eigenvalue weighted by Crippen LogP contribution is 2.32. The smallest absolute Gasteiger partial charge is 0.272 e. The van der Waals surface area contributed by atoms with E-state index in [1.54, 1.807) is 6.07 Å². The lowest BCUT2D eigenvalue weighted by atomic mass is 10.2. The van der Waals surface area contributed by atoms with Crippen LogP contribution in [0.3, 0.4) is 0 Å². The predicted octanol–water partition coefficient (Wildman–Crippen LogP) is 4.05. The molecule has 0 aliphatic rings. The largest absolute Gasteiger partial charge is 0.453 e. The van der Waals surface area contributed by atoms with Crippen LogP contribution in [-0.2, 0) is 0 Å². The van der Waals surface area contributed by atoms with E-state index in [0.717, 1.165) is 18.2 Å². The van der Waals surface area contributed by atoms with Crippen molar-refractivity contribution >= 4 is 17.3 Å². The van der Waals surface area contributed by atoms with Gasteiger partial charge in [0.25, 0.3) is 5.69 Å². The topological polar surface area (TPSA) is 76.2 Å². The molecule has 0 N–H and O–H groups in total. The number of benzene rings is 2. The van der Waals surface area contributed by atoms with Gasteiger partial charge in [0.1, 0.15) is 17.4 Å². The molecule has 0 heterocycles. The summed E-state index contributed by atoms with van der Waals surface area (Å²) in [6.45, 7) is 0. The monoisotopic (exact) mass is 292 g/mol. The van der Waals surface area contributed by atoms with E-state index in [9.17, 15) is 14.5 Å². The summed E-state index contributed by atoms with van der Waals surface area (Å²) >= 11 is 5.82. The van der Waals surface area contributed by atoms with E-state index in [1.807, 2.05) is 6.07 Å². The Bertz CT molecular complexity index is 728. The summed E-state index contributed by atoms with van der Waals surface area (Å²) in [5.74, 6) is -1.05. The summed E-state index contributed by atoms with van der Waals surface area (Å²) in [4.78, 5) is 9.79. The fourth-order valence-electron chi connectivity index (χ4n) is 1.50. The first-order valence-corrected chi connectivity index (χ1v) is 5.71. The van der Waals surface area contributed by atoms with Crippen molar-refractivity contribution in [3.05, 3.63) is 62.9 Å². The lowest BCUT2D eigenvalue weighted by molar-refractivity contribution is -0.385. The maximum absolute atomic E-state index is 13.7. The maximum atomic E-state index is 13.7. The molecule has 2 aromatic carbocycles. The summed E-state index contributed by atoms with van der Waals surface area (Å²) in [5, 5.41) is 19.6. The Morgan fingerprint density at radius 2 is 2.05 bits per heavy atom. The van der Waals surface area contributed by atoms with Gasteiger partial charge in [-0.15, -0.1) is 0 Å². The molecule has 0 aromatic heterocycles. The van der Waals surface area contributed by atoms with E-state index in [-0.39, 0.29) is 27.8 Å². The Hall–Kier alpha value is -2.65. The lowest BCUT2D eigenvalue weighted by Gasteiger charge is -2.08. The van der Waals surface area contributed by atoms with Gasteiger partial charge in [0.2, 0.25) is 0 Å². The number of hydrogen-bond acceptors (Lipinski definition) is 4. The van der Waals surface area contributed by atoms with E-state index < -0.39 is 10.7 Å². The van der Waals surface area contributed by atoms with E-state index in [2.05, 4.69) is 0 Å². The molecule has 0 radical (unpaired) electrons. The number of nitrogens with zero attached hydrogens (tertiary/aromatic N) is 2. The third kappa shape index (κ3) is 2.68. The number of ether oxygens (including phenoxy) is 1. The van der Waals surface area contributed by atoms with Crippen LogP contribution in [0.5, 0.6) is 11.5 Å². The first kappa shape index (κ1) is 13.8. The van der Waals surface area contributed by atoms with Crippen LogP contribution in [0.4, 0.5) is 10.1 Å². The Balaban J connectivity index is 2.39. The SMILES string of the molecule is N#Cc1c(Cl)cccc1Oc1ccc([N+](=O)[O-])cc1F. The van der Waals surface area contributed by atoms with Gasteiger partial charge in [-0.05, 0) is 18.2 Å². The molecular weight excluding hydrogens is 287 g/mol. The third-order valence-corrected chi connectivity index (χ3v) is 2.75. The second kappa shape index (κ2) is 5.55. The van der Waals surface area contributed by atoms with Gasteiger partial charge in [-0.25, -0.2) is 4.39 Å². The van der Waals surface area contributed by atoms with Gasteiger partial charge in [0, 0.05) is 6.07 Å². The molecule has 0 aliphatic carbocycles. The molecule has 0 bridgehead atoms. The van der Waals surface area contributed by atoms with Gasteiger partial charge in [-0.2, -0.15) is 5.26 Å². The second-order valence-electron chi connectivity index (χ2n) is 3.70. The van der Waals surface area contributed by atoms with Crippen molar-refractivity contribution in [1.82, 2.24) is 0 Å². The zero-order chi connectivity index (χ0) is 14.7. The summed E-state index contributed by atoms with van der Waals surface area (Å²) in [5.41, 5.74) is -0.326. The average molecular weight is 293 g/mol. The van der Waals surface area contributed by atoms with Crippen LogP contribution in [0.25, 0.3) is 0 Å². The number of hydrogen-bond donors (Lipinski definition) is 0. The van der Waals surface area contributed by atoms with E-state index in [4.69, 9.17) is 21.6 Å². The van der Waals surface area contributed by atoms with Crippen LogP contribution in [0.15, 0.2) is 36.4 Å². The molecule has 100 valence electrons. The van der Waals surface area contributed by atoms with Crippen molar-refractivity contribution in [3.8, 4) is 17.6 Å². The predicted molar refractivity (Wildman–Crippen MR) is 69.3 cm³/mol. The Morgan fingerprint density at radius 3 is 2.65 bits per heavy atom. The molecule has 0 fully saturated rings. The van der Waals surface area contributed by atoms with Crippen LogP contribution < -0.4 is 4.74 Å². The molecular formula is C13H6ClFN2O3. The molecule has 0 unspecified atom stereocenters.